The van der Waals surface area contributed by atoms with Gasteiger partial charge in [-0.2, -0.15) is 0 Å². The molecular weight excluding hydrogens is 414 g/mol. The number of hydrogen-bond acceptors (Lipinski definition) is 6. The van der Waals surface area contributed by atoms with Crippen LogP contribution in [0.4, 0.5) is 10.8 Å². The number of thiazole rings is 1. The highest BCUT2D eigenvalue weighted by molar-refractivity contribution is 7.16. The highest BCUT2D eigenvalue weighted by Crippen LogP contribution is 2.24. The van der Waals surface area contributed by atoms with Crippen LogP contribution in [0.25, 0.3) is 0 Å². The fraction of sp³-hybridized carbons (Fsp3) is 0.391. The van der Waals surface area contributed by atoms with Gasteiger partial charge >= 0.3 is 0 Å². The van der Waals surface area contributed by atoms with E-state index < -0.39 is 0 Å². The Morgan fingerprint density at radius 3 is 2.73 bits per heavy atom. The molecule has 0 aliphatic heterocycles. The van der Waals surface area contributed by atoms with Crippen molar-refractivity contribution in [3.8, 4) is 0 Å². The van der Waals surface area contributed by atoms with E-state index in [1.165, 1.54) is 59.6 Å². The van der Waals surface area contributed by atoms with Gasteiger partial charge in [0.15, 0.2) is 5.13 Å². The van der Waals surface area contributed by atoms with E-state index >= 15 is 0 Å². The van der Waals surface area contributed by atoms with Crippen LogP contribution in [0.1, 0.15) is 57.6 Å². The number of rotatable bonds is 12. The highest BCUT2D eigenvalue weighted by Gasteiger charge is 2.12. The lowest BCUT2D eigenvalue weighted by molar-refractivity contribution is 0.103. The van der Waals surface area contributed by atoms with Gasteiger partial charge in [0.05, 0.1) is 4.88 Å². The smallest absolute Gasteiger partial charge is 0.267 e. The predicted molar refractivity (Wildman–Crippen MR) is 127 cm³/mol. The van der Waals surface area contributed by atoms with Gasteiger partial charge < -0.3 is 10.4 Å². The molecule has 5 nitrogen and oxygen atoms in total. The molecule has 0 fully saturated rings. The Morgan fingerprint density at radius 1 is 1.03 bits per heavy atom. The van der Waals surface area contributed by atoms with Gasteiger partial charge in [-0.3, -0.25) is 10.1 Å². The Hall–Kier alpha value is -2.22. The quantitative estimate of drug-likeness (QED) is 0.313. The minimum Gasteiger partial charge on any atom is -0.396 e. The zero-order chi connectivity index (χ0) is 21.2. The molecule has 0 aliphatic carbocycles. The van der Waals surface area contributed by atoms with Crippen LogP contribution < -0.4 is 10.6 Å². The standard InChI is InChI=1S/C23H29N3O2S2/c1-2-3-4-5-8-17-9-6-7-10-20(17)24-15-18-11-12-21(29-18)22(28)26-23-25-16-19(30-23)13-14-27/h6-7,9-12,16,24,27H,2-5,8,13-15H2,1H3,(H,25,26,28). The number of nitrogens with zero attached hydrogens (tertiary/aromatic N) is 1. The van der Waals surface area contributed by atoms with Gasteiger partial charge in [-0.05, 0) is 36.6 Å². The van der Waals surface area contributed by atoms with Gasteiger partial charge in [-0.25, -0.2) is 4.98 Å². The van der Waals surface area contributed by atoms with E-state index in [-0.39, 0.29) is 12.5 Å². The monoisotopic (exact) mass is 443 g/mol. The molecule has 0 saturated heterocycles. The Morgan fingerprint density at radius 2 is 1.90 bits per heavy atom. The molecule has 1 amide bonds. The molecular formula is C23H29N3O2S2. The molecule has 3 aromatic rings. The second-order valence-electron chi connectivity index (χ2n) is 7.15. The van der Waals surface area contributed by atoms with Crippen molar-refractivity contribution in [2.45, 2.75) is 52.0 Å². The van der Waals surface area contributed by atoms with Crippen molar-refractivity contribution in [3.05, 3.63) is 62.8 Å². The summed E-state index contributed by atoms with van der Waals surface area (Å²) >= 11 is 2.88. The first-order valence-corrected chi connectivity index (χ1v) is 12.1. The van der Waals surface area contributed by atoms with E-state index in [0.29, 0.717) is 23.0 Å². The van der Waals surface area contributed by atoms with Crippen LogP contribution in [0.2, 0.25) is 0 Å². The normalized spacial score (nSPS) is 10.9. The SMILES string of the molecule is CCCCCCc1ccccc1NCc1ccc(C(=O)Nc2ncc(CCO)s2)s1. The summed E-state index contributed by atoms with van der Waals surface area (Å²) < 4.78 is 0. The van der Waals surface area contributed by atoms with Gasteiger partial charge in [0.1, 0.15) is 0 Å². The van der Waals surface area contributed by atoms with Crippen LogP contribution in [-0.2, 0) is 19.4 Å². The third kappa shape index (κ3) is 6.65. The first kappa shape index (κ1) is 22.5. The summed E-state index contributed by atoms with van der Waals surface area (Å²) in [6, 6.07) is 12.3. The number of carbonyl (C=O) groups is 1. The Kier molecular flexibility index (Phi) is 8.86. The van der Waals surface area contributed by atoms with Crippen molar-refractivity contribution < 1.29 is 9.90 Å². The number of unbranched alkanes of at least 4 members (excludes halogenated alkanes) is 3. The molecule has 30 heavy (non-hydrogen) atoms. The van der Waals surface area contributed by atoms with Crippen molar-refractivity contribution in [3.63, 3.8) is 0 Å². The van der Waals surface area contributed by atoms with E-state index in [4.69, 9.17) is 5.11 Å². The Balaban J connectivity index is 1.53. The van der Waals surface area contributed by atoms with Gasteiger partial charge in [0.2, 0.25) is 0 Å². The lowest BCUT2D eigenvalue weighted by Crippen LogP contribution is -2.09. The molecule has 3 N–H and O–H groups in total. The average Bonchev–Trinajstić information content (AvgIpc) is 3.40. The van der Waals surface area contributed by atoms with Crippen molar-refractivity contribution in [2.24, 2.45) is 0 Å². The molecule has 3 rings (SSSR count). The van der Waals surface area contributed by atoms with Crippen molar-refractivity contribution >= 4 is 39.4 Å². The third-order valence-electron chi connectivity index (χ3n) is 4.79. The molecule has 2 heterocycles. The van der Waals surface area contributed by atoms with E-state index in [1.54, 1.807) is 6.20 Å². The van der Waals surface area contributed by atoms with Crippen molar-refractivity contribution in [2.75, 3.05) is 17.2 Å². The summed E-state index contributed by atoms with van der Waals surface area (Å²) in [6.45, 7) is 3.01. The number of aryl methyl sites for hydroxylation is 1. The topological polar surface area (TPSA) is 74.2 Å². The molecule has 0 bridgehead atoms. The second-order valence-corrected chi connectivity index (χ2v) is 9.43. The lowest BCUT2D eigenvalue weighted by atomic mass is 10.0. The van der Waals surface area contributed by atoms with Gasteiger partial charge in [0.25, 0.3) is 5.91 Å². The van der Waals surface area contributed by atoms with Gasteiger partial charge in [-0.1, -0.05) is 44.4 Å². The van der Waals surface area contributed by atoms with Gasteiger partial charge in [-0.15, -0.1) is 22.7 Å². The lowest BCUT2D eigenvalue weighted by Gasteiger charge is -2.11. The van der Waals surface area contributed by atoms with E-state index in [1.807, 2.05) is 12.1 Å². The molecule has 0 unspecified atom stereocenters. The van der Waals surface area contributed by atoms with Crippen LogP contribution in [0, 0.1) is 0 Å². The summed E-state index contributed by atoms with van der Waals surface area (Å²) in [5.74, 6) is -0.146. The molecule has 2 aromatic heterocycles. The van der Waals surface area contributed by atoms with Gasteiger partial charge in [0, 0.05) is 41.2 Å². The molecule has 7 heteroatoms. The number of carbonyl (C=O) groups excluding carboxylic acids is 1. The van der Waals surface area contributed by atoms with Crippen LogP contribution in [0.15, 0.2) is 42.6 Å². The van der Waals surface area contributed by atoms with E-state index in [9.17, 15) is 4.79 Å². The summed E-state index contributed by atoms with van der Waals surface area (Å²) in [4.78, 5) is 19.4. The highest BCUT2D eigenvalue weighted by atomic mass is 32.1. The molecule has 1 aromatic carbocycles. The number of aliphatic hydroxyl groups is 1. The maximum Gasteiger partial charge on any atom is 0.267 e. The molecule has 0 saturated carbocycles. The summed E-state index contributed by atoms with van der Waals surface area (Å²) in [6.07, 6.45) is 8.37. The summed E-state index contributed by atoms with van der Waals surface area (Å²) in [5.41, 5.74) is 2.53. The van der Waals surface area contributed by atoms with Crippen LogP contribution >= 0.6 is 22.7 Å². The minimum atomic E-state index is -0.146. The number of nitrogens with one attached hydrogen (secondary N) is 2. The number of thiophene rings is 1. The molecule has 160 valence electrons. The van der Waals surface area contributed by atoms with Crippen LogP contribution in [-0.4, -0.2) is 22.6 Å². The molecule has 0 aliphatic rings. The van der Waals surface area contributed by atoms with E-state index in [0.717, 1.165) is 16.2 Å². The molecule has 0 atom stereocenters. The molecule has 0 spiro atoms. The first-order valence-electron chi connectivity index (χ1n) is 10.5. The van der Waals surface area contributed by atoms with E-state index in [2.05, 4.69) is 46.8 Å². The van der Waals surface area contributed by atoms with Crippen LogP contribution in [0.5, 0.6) is 0 Å². The zero-order valence-electron chi connectivity index (χ0n) is 17.3. The number of hydrogen-bond donors (Lipinski definition) is 3. The fourth-order valence-electron chi connectivity index (χ4n) is 3.18. The minimum absolute atomic E-state index is 0.0821. The maximum absolute atomic E-state index is 12.5. The van der Waals surface area contributed by atoms with Crippen molar-refractivity contribution in [1.29, 1.82) is 0 Å². The van der Waals surface area contributed by atoms with Crippen molar-refractivity contribution in [1.82, 2.24) is 4.98 Å². The second kappa shape index (κ2) is 11.8. The first-order chi connectivity index (χ1) is 14.7. The maximum atomic E-state index is 12.5. The van der Waals surface area contributed by atoms with Crippen LogP contribution in [0.3, 0.4) is 0 Å². The number of anilines is 2. The third-order valence-corrected chi connectivity index (χ3v) is 6.84. The Labute approximate surface area is 186 Å². The zero-order valence-corrected chi connectivity index (χ0v) is 19.0. The number of aliphatic hydroxyl groups excluding tert-OH is 1. The summed E-state index contributed by atoms with van der Waals surface area (Å²) in [7, 11) is 0. The predicted octanol–water partition coefficient (Wildman–Crippen LogP) is 5.73. The number of para-hydroxylation sites is 1. The number of benzene rings is 1. The summed E-state index contributed by atoms with van der Waals surface area (Å²) in [5, 5.41) is 15.9. The Bertz CT molecular complexity index is 936. The fourth-order valence-corrected chi connectivity index (χ4v) is 4.82. The number of aromatic nitrogens is 1. The largest absolute Gasteiger partial charge is 0.396 e. The number of amides is 1. The average molecular weight is 444 g/mol. The molecule has 0 radical (unpaired) electrons.